The van der Waals surface area contributed by atoms with Crippen molar-refractivity contribution in [2.75, 3.05) is 6.54 Å². The molecule has 0 saturated heterocycles. The fourth-order valence-electron chi connectivity index (χ4n) is 4.42. The number of nitrogens with one attached hydrogen (secondary N) is 1. The van der Waals surface area contributed by atoms with Crippen LogP contribution in [0.25, 0.3) is 0 Å². The highest BCUT2D eigenvalue weighted by Gasteiger charge is 2.20. The zero-order valence-electron chi connectivity index (χ0n) is 13.6. The molecule has 0 radical (unpaired) electrons. The van der Waals surface area contributed by atoms with Gasteiger partial charge in [0.25, 0.3) is 0 Å². The quantitative estimate of drug-likeness (QED) is 0.744. The van der Waals surface area contributed by atoms with Gasteiger partial charge >= 0.3 is 0 Å². The standard InChI is InChI=1S/C20H31N/c1-16-7-6-8-17(15-16)13-14-21-20-12-5-3-10-18-9-2-4-11-19(18)20/h2,4,9,11,16-17,20-21H,3,5-8,10,12-15H2,1H3. The van der Waals surface area contributed by atoms with Gasteiger partial charge in [-0.1, -0.05) is 56.9 Å². The van der Waals surface area contributed by atoms with Gasteiger partial charge in [-0.05, 0) is 61.6 Å². The molecule has 0 aliphatic heterocycles. The monoisotopic (exact) mass is 285 g/mol. The van der Waals surface area contributed by atoms with Crippen LogP contribution in [0.1, 0.15) is 75.5 Å². The zero-order valence-corrected chi connectivity index (χ0v) is 13.6. The maximum absolute atomic E-state index is 3.88. The average Bonchev–Trinajstić information content (AvgIpc) is 2.70. The van der Waals surface area contributed by atoms with Gasteiger partial charge in [0, 0.05) is 6.04 Å². The fourth-order valence-corrected chi connectivity index (χ4v) is 4.42. The summed E-state index contributed by atoms with van der Waals surface area (Å²) in [5, 5.41) is 3.88. The van der Waals surface area contributed by atoms with Crippen molar-refractivity contribution in [3.05, 3.63) is 35.4 Å². The van der Waals surface area contributed by atoms with Crippen molar-refractivity contribution in [2.24, 2.45) is 11.8 Å². The Kier molecular flexibility index (Phi) is 5.35. The molecule has 2 aliphatic carbocycles. The van der Waals surface area contributed by atoms with E-state index in [-0.39, 0.29) is 0 Å². The minimum absolute atomic E-state index is 0.602. The Morgan fingerprint density at radius 2 is 1.95 bits per heavy atom. The Morgan fingerprint density at radius 3 is 2.86 bits per heavy atom. The second-order valence-corrected chi connectivity index (χ2v) is 7.38. The van der Waals surface area contributed by atoms with E-state index in [0.29, 0.717) is 6.04 Å². The molecule has 1 N–H and O–H groups in total. The third kappa shape index (κ3) is 4.10. The molecule has 1 aromatic rings. The molecule has 1 heteroatoms. The predicted molar refractivity (Wildman–Crippen MR) is 90.5 cm³/mol. The molecule has 1 aromatic carbocycles. The number of hydrogen-bond donors (Lipinski definition) is 1. The van der Waals surface area contributed by atoms with Crippen molar-refractivity contribution in [3.63, 3.8) is 0 Å². The Hall–Kier alpha value is -0.820. The zero-order chi connectivity index (χ0) is 14.5. The van der Waals surface area contributed by atoms with E-state index in [1.807, 2.05) is 0 Å². The Balaban J connectivity index is 1.53. The fraction of sp³-hybridized carbons (Fsp3) is 0.700. The second-order valence-electron chi connectivity index (χ2n) is 7.38. The smallest absolute Gasteiger partial charge is 0.0322 e. The Morgan fingerprint density at radius 1 is 1.05 bits per heavy atom. The first-order valence-corrected chi connectivity index (χ1v) is 9.14. The van der Waals surface area contributed by atoms with Crippen LogP contribution in [0.2, 0.25) is 0 Å². The minimum atomic E-state index is 0.602. The molecule has 0 aromatic heterocycles. The molecule has 1 fully saturated rings. The normalized spacial score (nSPS) is 29.7. The topological polar surface area (TPSA) is 12.0 Å². The van der Waals surface area contributed by atoms with Crippen molar-refractivity contribution >= 4 is 0 Å². The van der Waals surface area contributed by atoms with Crippen LogP contribution in [0.5, 0.6) is 0 Å². The van der Waals surface area contributed by atoms with Crippen LogP contribution in [-0.4, -0.2) is 6.54 Å². The number of aryl methyl sites for hydroxylation is 1. The van der Waals surface area contributed by atoms with Crippen LogP contribution >= 0.6 is 0 Å². The molecule has 21 heavy (non-hydrogen) atoms. The molecule has 116 valence electrons. The van der Waals surface area contributed by atoms with Crippen molar-refractivity contribution in [1.82, 2.24) is 5.32 Å². The molecule has 3 rings (SSSR count). The van der Waals surface area contributed by atoms with Gasteiger partial charge in [0.2, 0.25) is 0 Å². The van der Waals surface area contributed by atoms with Gasteiger partial charge < -0.3 is 5.32 Å². The van der Waals surface area contributed by atoms with Crippen molar-refractivity contribution in [2.45, 2.75) is 70.8 Å². The first kappa shape index (κ1) is 15.1. The minimum Gasteiger partial charge on any atom is -0.310 e. The van der Waals surface area contributed by atoms with Gasteiger partial charge in [0.15, 0.2) is 0 Å². The van der Waals surface area contributed by atoms with E-state index in [2.05, 4.69) is 36.5 Å². The summed E-state index contributed by atoms with van der Waals surface area (Å²) in [5.41, 5.74) is 3.16. The van der Waals surface area contributed by atoms with Gasteiger partial charge in [0.05, 0.1) is 0 Å². The van der Waals surface area contributed by atoms with Crippen LogP contribution < -0.4 is 5.32 Å². The highest BCUT2D eigenvalue weighted by molar-refractivity contribution is 5.31. The highest BCUT2D eigenvalue weighted by atomic mass is 14.9. The molecule has 3 atom stereocenters. The lowest BCUT2D eigenvalue weighted by atomic mass is 9.81. The molecular weight excluding hydrogens is 254 g/mol. The summed E-state index contributed by atoms with van der Waals surface area (Å²) >= 11 is 0. The summed E-state index contributed by atoms with van der Waals surface area (Å²) in [6.45, 7) is 3.64. The van der Waals surface area contributed by atoms with E-state index in [1.54, 1.807) is 11.1 Å². The van der Waals surface area contributed by atoms with Crippen LogP contribution in [-0.2, 0) is 6.42 Å². The van der Waals surface area contributed by atoms with Crippen LogP contribution in [0.15, 0.2) is 24.3 Å². The van der Waals surface area contributed by atoms with Crippen LogP contribution in [0.3, 0.4) is 0 Å². The number of benzene rings is 1. The summed E-state index contributed by atoms with van der Waals surface area (Å²) in [6.07, 6.45) is 12.5. The van der Waals surface area contributed by atoms with E-state index in [4.69, 9.17) is 0 Å². The third-order valence-corrected chi connectivity index (χ3v) is 5.61. The summed E-state index contributed by atoms with van der Waals surface area (Å²) in [4.78, 5) is 0. The third-order valence-electron chi connectivity index (χ3n) is 5.61. The average molecular weight is 285 g/mol. The van der Waals surface area contributed by atoms with Gasteiger partial charge in [-0.3, -0.25) is 0 Å². The first-order valence-electron chi connectivity index (χ1n) is 9.14. The predicted octanol–water partition coefficient (Wildman–Crippen LogP) is 5.26. The maximum Gasteiger partial charge on any atom is 0.0322 e. The van der Waals surface area contributed by atoms with Crippen LogP contribution in [0.4, 0.5) is 0 Å². The molecule has 3 unspecified atom stereocenters. The molecule has 0 amide bonds. The number of fused-ring (bicyclic) bond motifs is 1. The summed E-state index contributed by atoms with van der Waals surface area (Å²) in [7, 11) is 0. The highest BCUT2D eigenvalue weighted by Crippen LogP contribution is 2.31. The summed E-state index contributed by atoms with van der Waals surface area (Å²) in [5.74, 6) is 1.93. The lowest BCUT2D eigenvalue weighted by Crippen LogP contribution is -2.25. The first-order chi connectivity index (χ1) is 10.3. The van der Waals surface area contributed by atoms with E-state index >= 15 is 0 Å². The van der Waals surface area contributed by atoms with Crippen LogP contribution in [0, 0.1) is 11.8 Å². The largest absolute Gasteiger partial charge is 0.310 e. The lowest BCUT2D eigenvalue weighted by molar-refractivity contribution is 0.264. The Labute approximate surface area is 130 Å². The SMILES string of the molecule is CC1CCCC(CCNC2CCCCc3ccccc32)C1. The summed E-state index contributed by atoms with van der Waals surface area (Å²) < 4.78 is 0. The molecule has 0 spiro atoms. The second kappa shape index (κ2) is 7.45. The van der Waals surface area contributed by atoms with E-state index in [9.17, 15) is 0 Å². The maximum atomic E-state index is 3.88. The van der Waals surface area contributed by atoms with Gasteiger partial charge in [-0.2, -0.15) is 0 Å². The van der Waals surface area contributed by atoms with Crippen molar-refractivity contribution in [1.29, 1.82) is 0 Å². The molecule has 1 saturated carbocycles. The van der Waals surface area contributed by atoms with E-state index in [1.165, 1.54) is 64.3 Å². The van der Waals surface area contributed by atoms with E-state index in [0.717, 1.165) is 11.8 Å². The van der Waals surface area contributed by atoms with Crippen molar-refractivity contribution < 1.29 is 0 Å². The van der Waals surface area contributed by atoms with Gasteiger partial charge in [-0.15, -0.1) is 0 Å². The molecule has 2 aliphatic rings. The van der Waals surface area contributed by atoms with E-state index < -0.39 is 0 Å². The molecule has 0 bridgehead atoms. The summed E-state index contributed by atoms with van der Waals surface area (Å²) in [6, 6.07) is 9.69. The molecule has 0 heterocycles. The lowest BCUT2D eigenvalue weighted by Gasteiger charge is -2.27. The van der Waals surface area contributed by atoms with Gasteiger partial charge in [-0.25, -0.2) is 0 Å². The van der Waals surface area contributed by atoms with Gasteiger partial charge in [0.1, 0.15) is 0 Å². The molecule has 1 nitrogen and oxygen atoms in total. The Bertz CT molecular complexity index is 439. The van der Waals surface area contributed by atoms with Crippen molar-refractivity contribution in [3.8, 4) is 0 Å². The number of rotatable bonds is 4. The molecular formula is C20H31N. The number of hydrogen-bond acceptors (Lipinski definition) is 1.